The molecule has 4 nitrogen and oxygen atoms in total. The summed E-state index contributed by atoms with van der Waals surface area (Å²) in [5, 5.41) is 0. The molecule has 0 saturated heterocycles. The molecule has 0 spiro atoms. The van der Waals surface area contributed by atoms with E-state index in [1.165, 1.54) is 5.56 Å². The van der Waals surface area contributed by atoms with Crippen LogP contribution in [0.25, 0.3) is 0 Å². The number of amides is 1. The summed E-state index contributed by atoms with van der Waals surface area (Å²) in [6.45, 7) is 9.03. The van der Waals surface area contributed by atoms with Crippen LogP contribution < -0.4 is 9.47 Å². The lowest BCUT2D eigenvalue weighted by Gasteiger charge is -2.24. The number of benzene rings is 2. The van der Waals surface area contributed by atoms with Gasteiger partial charge in [-0.1, -0.05) is 52.0 Å². The van der Waals surface area contributed by atoms with Gasteiger partial charge in [0.25, 0.3) is 5.91 Å². The zero-order valence-electron chi connectivity index (χ0n) is 17.3. The minimum Gasteiger partial charge on any atom is -0.497 e. The van der Waals surface area contributed by atoms with Gasteiger partial charge in [-0.2, -0.15) is 0 Å². The predicted molar refractivity (Wildman–Crippen MR) is 109 cm³/mol. The van der Waals surface area contributed by atoms with Crippen LogP contribution in [0.5, 0.6) is 11.5 Å². The maximum atomic E-state index is 12.8. The summed E-state index contributed by atoms with van der Waals surface area (Å²) in [6.07, 6.45) is 0.126. The highest BCUT2D eigenvalue weighted by Gasteiger charge is 2.23. The first-order valence-corrected chi connectivity index (χ1v) is 9.39. The van der Waals surface area contributed by atoms with E-state index in [-0.39, 0.29) is 11.3 Å². The van der Waals surface area contributed by atoms with Crippen molar-refractivity contribution in [3.05, 3.63) is 59.7 Å². The van der Waals surface area contributed by atoms with Gasteiger partial charge in [0.15, 0.2) is 6.10 Å². The van der Waals surface area contributed by atoms with E-state index in [0.717, 1.165) is 17.1 Å². The summed E-state index contributed by atoms with van der Waals surface area (Å²) in [5.41, 5.74) is 2.39. The number of rotatable bonds is 7. The molecule has 2 rings (SSSR count). The maximum Gasteiger partial charge on any atom is 0.263 e. The molecule has 0 radical (unpaired) electrons. The number of methoxy groups -OCH3 is 1. The van der Waals surface area contributed by atoms with Crippen molar-refractivity contribution in [3.63, 3.8) is 0 Å². The van der Waals surface area contributed by atoms with Crippen LogP contribution in [0.4, 0.5) is 0 Å². The molecule has 2 aromatic carbocycles. The molecule has 4 heteroatoms. The molecular weight excluding hydrogens is 338 g/mol. The second kappa shape index (κ2) is 8.94. The summed E-state index contributed by atoms with van der Waals surface area (Å²) in [4.78, 5) is 14.5. The van der Waals surface area contributed by atoms with E-state index in [0.29, 0.717) is 13.0 Å². The van der Waals surface area contributed by atoms with Gasteiger partial charge < -0.3 is 14.4 Å². The number of carbonyl (C=O) groups is 1. The summed E-state index contributed by atoms with van der Waals surface area (Å²) in [7, 11) is 3.45. The van der Waals surface area contributed by atoms with Gasteiger partial charge in [0.2, 0.25) is 0 Å². The van der Waals surface area contributed by atoms with Gasteiger partial charge in [0.05, 0.1) is 7.11 Å². The summed E-state index contributed by atoms with van der Waals surface area (Å²) in [6, 6.07) is 15.8. The van der Waals surface area contributed by atoms with Crippen LogP contribution >= 0.6 is 0 Å². The SMILES string of the molecule is CCC(Oc1ccc(C(C)(C)C)cc1)C(=O)N(C)Cc1ccc(OC)cc1. The van der Waals surface area contributed by atoms with Gasteiger partial charge >= 0.3 is 0 Å². The number of hydrogen-bond acceptors (Lipinski definition) is 3. The highest BCUT2D eigenvalue weighted by molar-refractivity contribution is 5.81. The molecule has 0 bridgehead atoms. The van der Waals surface area contributed by atoms with Crippen LogP contribution in [0, 0.1) is 0 Å². The Morgan fingerprint density at radius 3 is 2.04 bits per heavy atom. The number of carbonyl (C=O) groups excluding carboxylic acids is 1. The van der Waals surface area contributed by atoms with Crippen LogP contribution in [0.1, 0.15) is 45.2 Å². The van der Waals surface area contributed by atoms with E-state index in [1.54, 1.807) is 19.1 Å². The van der Waals surface area contributed by atoms with E-state index in [4.69, 9.17) is 9.47 Å². The van der Waals surface area contributed by atoms with E-state index in [1.807, 2.05) is 43.3 Å². The van der Waals surface area contributed by atoms with Gasteiger partial charge in [0, 0.05) is 13.6 Å². The molecule has 0 aliphatic carbocycles. The number of hydrogen-bond donors (Lipinski definition) is 0. The molecule has 2 aromatic rings. The first-order valence-electron chi connectivity index (χ1n) is 9.39. The summed E-state index contributed by atoms with van der Waals surface area (Å²) >= 11 is 0. The van der Waals surface area contributed by atoms with Crippen molar-refractivity contribution in [2.24, 2.45) is 0 Å². The zero-order valence-corrected chi connectivity index (χ0v) is 17.3. The Labute approximate surface area is 163 Å². The Kier molecular flexibility index (Phi) is 6.89. The smallest absolute Gasteiger partial charge is 0.263 e. The van der Waals surface area contributed by atoms with E-state index in [9.17, 15) is 4.79 Å². The normalized spacial score (nSPS) is 12.4. The van der Waals surface area contributed by atoms with Crippen molar-refractivity contribution in [2.75, 3.05) is 14.2 Å². The minimum atomic E-state index is -0.492. The summed E-state index contributed by atoms with van der Waals surface area (Å²) < 4.78 is 11.1. The highest BCUT2D eigenvalue weighted by Crippen LogP contribution is 2.25. The fourth-order valence-corrected chi connectivity index (χ4v) is 2.83. The molecule has 1 amide bonds. The van der Waals surface area contributed by atoms with Crippen LogP contribution in [-0.2, 0) is 16.8 Å². The van der Waals surface area contributed by atoms with Crippen molar-refractivity contribution in [2.45, 2.75) is 52.2 Å². The predicted octanol–water partition coefficient (Wildman–Crippen LogP) is 4.81. The van der Waals surface area contributed by atoms with Gasteiger partial charge in [-0.15, -0.1) is 0 Å². The van der Waals surface area contributed by atoms with Crippen LogP contribution in [0.3, 0.4) is 0 Å². The molecule has 0 aliphatic heterocycles. The molecule has 0 aromatic heterocycles. The maximum absolute atomic E-state index is 12.8. The molecule has 0 aliphatic rings. The van der Waals surface area contributed by atoms with Gasteiger partial charge in [-0.05, 0) is 47.2 Å². The molecule has 0 heterocycles. The second-order valence-corrected chi connectivity index (χ2v) is 7.83. The average molecular weight is 370 g/mol. The van der Waals surface area contributed by atoms with Gasteiger partial charge in [-0.25, -0.2) is 0 Å². The molecular formula is C23H31NO3. The quantitative estimate of drug-likeness (QED) is 0.703. The number of nitrogens with zero attached hydrogens (tertiary/aromatic N) is 1. The number of ether oxygens (including phenoxy) is 2. The van der Waals surface area contributed by atoms with Crippen molar-refractivity contribution < 1.29 is 14.3 Å². The third-order valence-corrected chi connectivity index (χ3v) is 4.60. The lowest BCUT2D eigenvalue weighted by molar-refractivity contribution is -0.138. The fraction of sp³-hybridized carbons (Fsp3) is 0.435. The molecule has 1 atom stereocenters. The Morgan fingerprint density at radius 2 is 1.56 bits per heavy atom. The third kappa shape index (κ3) is 5.75. The lowest BCUT2D eigenvalue weighted by Crippen LogP contribution is -2.39. The Morgan fingerprint density at radius 1 is 1.00 bits per heavy atom. The van der Waals surface area contributed by atoms with E-state index >= 15 is 0 Å². The fourth-order valence-electron chi connectivity index (χ4n) is 2.83. The average Bonchev–Trinajstić information content (AvgIpc) is 2.65. The molecule has 27 heavy (non-hydrogen) atoms. The van der Waals surface area contributed by atoms with E-state index < -0.39 is 6.10 Å². The topological polar surface area (TPSA) is 38.8 Å². The Balaban J connectivity index is 2.01. The van der Waals surface area contributed by atoms with Crippen molar-refractivity contribution >= 4 is 5.91 Å². The standard InChI is InChI=1S/C23H31NO3/c1-7-21(27-20-14-10-18(11-15-20)23(2,3)4)22(25)24(5)16-17-8-12-19(26-6)13-9-17/h8-15,21H,7,16H2,1-6H3. The monoisotopic (exact) mass is 369 g/mol. The van der Waals surface area contributed by atoms with E-state index in [2.05, 4.69) is 32.9 Å². The molecule has 0 fully saturated rings. The largest absolute Gasteiger partial charge is 0.497 e. The van der Waals surface area contributed by atoms with Crippen LogP contribution in [0.2, 0.25) is 0 Å². The van der Waals surface area contributed by atoms with Crippen molar-refractivity contribution in [1.82, 2.24) is 4.90 Å². The Bertz CT molecular complexity index is 730. The van der Waals surface area contributed by atoms with Gasteiger partial charge in [-0.3, -0.25) is 4.79 Å². The van der Waals surface area contributed by atoms with Crippen molar-refractivity contribution in [3.8, 4) is 11.5 Å². The molecule has 0 N–H and O–H groups in total. The molecule has 0 saturated carbocycles. The minimum absolute atomic E-state index is 0.0202. The molecule has 1 unspecified atom stereocenters. The van der Waals surface area contributed by atoms with Crippen LogP contribution in [0.15, 0.2) is 48.5 Å². The van der Waals surface area contributed by atoms with Crippen molar-refractivity contribution in [1.29, 1.82) is 0 Å². The lowest BCUT2D eigenvalue weighted by atomic mass is 9.87. The molecule has 146 valence electrons. The Hall–Kier alpha value is -2.49. The first kappa shape index (κ1) is 20.8. The summed E-state index contributed by atoms with van der Waals surface area (Å²) in [5.74, 6) is 1.51. The highest BCUT2D eigenvalue weighted by atomic mass is 16.5. The third-order valence-electron chi connectivity index (χ3n) is 4.60. The van der Waals surface area contributed by atoms with Gasteiger partial charge in [0.1, 0.15) is 11.5 Å². The first-order chi connectivity index (χ1) is 12.7. The number of likely N-dealkylation sites (N-methyl/N-ethyl adjacent to an activating group) is 1. The zero-order chi connectivity index (χ0) is 20.0. The van der Waals surface area contributed by atoms with Crippen LogP contribution in [-0.4, -0.2) is 31.1 Å². The second-order valence-electron chi connectivity index (χ2n) is 7.83.